The summed E-state index contributed by atoms with van der Waals surface area (Å²) in [6.45, 7) is 0. The van der Waals surface area contributed by atoms with Crippen molar-refractivity contribution in [2.24, 2.45) is 0 Å². The van der Waals surface area contributed by atoms with Gasteiger partial charge in [-0.1, -0.05) is 42.1 Å². The number of benzene rings is 2. The van der Waals surface area contributed by atoms with E-state index in [1.165, 1.54) is 11.8 Å². The fraction of sp³-hybridized carbons (Fsp3) is 0. The number of aromatic nitrogens is 1. The summed E-state index contributed by atoms with van der Waals surface area (Å²) in [7, 11) is 0. The highest BCUT2D eigenvalue weighted by Gasteiger charge is 2.20. The summed E-state index contributed by atoms with van der Waals surface area (Å²) in [6.07, 6.45) is 0. The van der Waals surface area contributed by atoms with Crippen LogP contribution in [0.25, 0.3) is 10.9 Å². The number of anilines is 2. The maximum Gasteiger partial charge on any atom is 0.264 e. The Kier molecular flexibility index (Phi) is 2.19. The van der Waals surface area contributed by atoms with E-state index in [-0.39, 0.29) is 5.56 Å². The lowest BCUT2D eigenvalue weighted by atomic mass is 10.1. The van der Waals surface area contributed by atoms with E-state index in [0.29, 0.717) is 0 Å². The van der Waals surface area contributed by atoms with Crippen LogP contribution in [0.2, 0.25) is 0 Å². The van der Waals surface area contributed by atoms with Gasteiger partial charge in [0.05, 0.1) is 16.9 Å². The Labute approximate surface area is 113 Å². The number of H-pyrrole nitrogens is 1. The van der Waals surface area contributed by atoms with Gasteiger partial charge in [0.15, 0.2) is 0 Å². The van der Waals surface area contributed by atoms with Crippen molar-refractivity contribution in [3.05, 3.63) is 58.9 Å². The molecule has 4 heteroatoms. The molecule has 0 radical (unpaired) electrons. The highest BCUT2D eigenvalue weighted by molar-refractivity contribution is 7.99. The zero-order valence-corrected chi connectivity index (χ0v) is 10.8. The van der Waals surface area contributed by atoms with Gasteiger partial charge in [0.1, 0.15) is 4.90 Å². The molecule has 0 saturated heterocycles. The van der Waals surface area contributed by atoms with E-state index in [1.807, 2.05) is 48.5 Å². The van der Waals surface area contributed by atoms with Gasteiger partial charge in [0.2, 0.25) is 0 Å². The van der Waals surface area contributed by atoms with E-state index in [2.05, 4.69) is 10.3 Å². The molecule has 0 unspecified atom stereocenters. The van der Waals surface area contributed by atoms with Crippen molar-refractivity contribution in [3.8, 4) is 0 Å². The first kappa shape index (κ1) is 10.7. The SMILES string of the molecule is O=c1[nH]c2ccccc2c2c1Sc1ccccc1N2. The minimum absolute atomic E-state index is 0.0410. The number of pyridine rings is 1. The van der Waals surface area contributed by atoms with Gasteiger partial charge >= 0.3 is 0 Å². The first-order valence-corrected chi connectivity index (χ1v) is 6.83. The summed E-state index contributed by atoms with van der Waals surface area (Å²) in [4.78, 5) is 16.9. The summed E-state index contributed by atoms with van der Waals surface area (Å²) >= 11 is 1.52. The Bertz CT molecular complexity index is 854. The molecule has 3 aromatic rings. The molecule has 4 rings (SSSR count). The Balaban J connectivity index is 2.05. The van der Waals surface area contributed by atoms with Gasteiger partial charge in [-0.2, -0.15) is 0 Å². The molecule has 0 amide bonds. The van der Waals surface area contributed by atoms with Crippen molar-refractivity contribution in [2.75, 3.05) is 5.32 Å². The van der Waals surface area contributed by atoms with Crippen LogP contribution in [0.5, 0.6) is 0 Å². The maximum atomic E-state index is 12.2. The molecule has 0 aliphatic carbocycles. The van der Waals surface area contributed by atoms with Crippen molar-refractivity contribution >= 4 is 34.0 Å². The number of hydrogen-bond donors (Lipinski definition) is 2. The Morgan fingerprint density at radius 2 is 1.74 bits per heavy atom. The lowest BCUT2D eigenvalue weighted by molar-refractivity contribution is 1.18. The molecule has 0 bridgehead atoms. The largest absolute Gasteiger partial charge is 0.353 e. The lowest BCUT2D eigenvalue weighted by Gasteiger charge is -2.21. The topological polar surface area (TPSA) is 44.9 Å². The second-order valence-corrected chi connectivity index (χ2v) is 5.48. The Morgan fingerprint density at radius 1 is 0.947 bits per heavy atom. The molecule has 0 spiro atoms. The van der Waals surface area contributed by atoms with Crippen molar-refractivity contribution < 1.29 is 0 Å². The van der Waals surface area contributed by atoms with Crippen LogP contribution in [0.1, 0.15) is 0 Å². The molecule has 1 aliphatic rings. The fourth-order valence-electron chi connectivity index (χ4n) is 2.35. The van der Waals surface area contributed by atoms with Gasteiger partial charge in [-0.15, -0.1) is 0 Å². The molecule has 2 aromatic carbocycles. The first-order chi connectivity index (χ1) is 9.33. The second-order valence-electron chi connectivity index (χ2n) is 4.43. The predicted molar refractivity (Wildman–Crippen MR) is 78.4 cm³/mol. The average Bonchev–Trinajstić information content (AvgIpc) is 2.46. The van der Waals surface area contributed by atoms with Gasteiger partial charge in [-0.25, -0.2) is 0 Å². The molecule has 92 valence electrons. The molecule has 2 heterocycles. The van der Waals surface area contributed by atoms with Crippen LogP contribution in [0, 0.1) is 0 Å². The summed E-state index contributed by atoms with van der Waals surface area (Å²) in [6, 6.07) is 15.9. The second kappa shape index (κ2) is 3.90. The van der Waals surface area contributed by atoms with Crippen LogP contribution in [0.3, 0.4) is 0 Å². The van der Waals surface area contributed by atoms with Crippen molar-refractivity contribution in [2.45, 2.75) is 9.79 Å². The van der Waals surface area contributed by atoms with Gasteiger partial charge in [-0.3, -0.25) is 4.79 Å². The third-order valence-electron chi connectivity index (χ3n) is 3.24. The highest BCUT2D eigenvalue weighted by atomic mass is 32.2. The monoisotopic (exact) mass is 266 g/mol. The molecule has 0 saturated carbocycles. The van der Waals surface area contributed by atoms with E-state index in [4.69, 9.17) is 0 Å². The van der Waals surface area contributed by atoms with Crippen LogP contribution in [0.4, 0.5) is 11.4 Å². The summed E-state index contributed by atoms with van der Waals surface area (Å²) in [5, 5.41) is 4.42. The summed E-state index contributed by atoms with van der Waals surface area (Å²) in [5.74, 6) is 0. The molecule has 0 fully saturated rings. The van der Waals surface area contributed by atoms with Crippen LogP contribution >= 0.6 is 11.8 Å². The van der Waals surface area contributed by atoms with Crippen molar-refractivity contribution in [1.82, 2.24) is 4.98 Å². The average molecular weight is 266 g/mol. The quantitative estimate of drug-likeness (QED) is 0.509. The Hall–Kier alpha value is -2.20. The van der Waals surface area contributed by atoms with Gasteiger partial charge in [0, 0.05) is 10.3 Å². The van der Waals surface area contributed by atoms with Crippen LogP contribution in [-0.2, 0) is 0 Å². The summed E-state index contributed by atoms with van der Waals surface area (Å²) in [5.41, 5.74) is 2.78. The normalized spacial score (nSPS) is 12.6. The maximum absolute atomic E-state index is 12.2. The zero-order valence-electron chi connectivity index (χ0n) is 9.94. The third kappa shape index (κ3) is 1.57. The van der Waals surface area contributed by atoms with E-state index >= 15 is 0 Å². The fourth-order valence-corrected chi connectivity index (χ4v) is 3.35. The molecule has 3 nitrogen and oxygen atoms in total. The number of nitrogens with one attached hydrogen (secondary N) is 2. The van der Waals surface area contributed by atoms with E-state index < -0.39 is 0 Å². The molecule has 2 N–H and O–H groups in total. The molecule has 19 heavy (non-hydrogen) atoms. The first-order valence-electron chi connectivity index (χ1n) is 6.02. The minimum atomic E-state index is -0.0410. The van der Waals surface area contributed by atoms with E-state index in [9.17, 15) is 4.79 Å². The molecular formula is C15H10N2OS. The van der Waals surface area contributed by atoms with Gasteiger partial charge < -0.3 is 10.3 Å². The van der Waals surface area contributed by atoms with E-state index in [1.54, 1.807) is 0 Å². The van der Waals surface area contributed by atoms with E-state index in [0.717, 1.165) is 32.1 Å². The van der Waals surface area contributed by atoms with Gasteiger partial charge in [-0.05, 0) is 18.2 Å². The number of fused-ring (bicyclic) bond motifs is 4. The van der Waals surface area contributed by atoms with Crippen molar-refractivity contribution in [3.63, 3.8) is 0 Å². The minimum Gasteiger partial charge on any atom is -0.353 e. The Morgan fingerprint density at radius 3 is 2.68 bits per heavy atom. The third-order valence-corrected chi connectivity index (χ3v) is 4.41. The molecule has 0 atom stereocenters. The summed E-state index contributed by atoms with van der Waals surface area (Å²) < 4.78 is 0. The van der Waals surface area contributed by atoms with Crippen molar-refractivity contribution in [1.29, 1.82) is 0 Å². The molecule has 1 aliphatic heterocycles. The zero-order chi connectivity index (χ0) is 12.8. The smallest absolute Gasteiger partial charge is 0.264 e. The molecular weight excluding hydrogens is 256 g/mol. The molecule has 1 aromatic heterocycles. The number of rotatable bonds is 0. The van der Waals surface area contributed by atoms with Gasteiger partial charge in [0.25, 0.3) is 5.56 Å². The predicted octanol–water partition coefficient (Wildman–Crippen LogP) is 3.74. The number of hydrogen-bond acceptors (Lipinski definition) is 3. The lowest BCUT2D eigenvalue weighted by Crippen LogP contribution is -2.14. The number of aromatic amines is 1. The highest BCUT2D eigenvalue weighted by Crippen LogP contribution is 2.44. The number of para-hydroxylation sites is 2. The van der Waals surface area contributed by atoms with Crippen LogP contribution in [-0.4, -0.2) is 4.98 Å². The standard InChI is InChI=1S/C15H10N2OS/c18-15-14-13(9-5-1-2-6-10(9)17-15)16-11-7-3-4-8-12(11)19-14/h1-8,16H,(H,17,18). The van der Waals surface area contributed by atoms with Crippen LogP contribution < -0.4 is 10.9 Å². The van der Waals surface area contributed by atoms with Crippen LogP contribution in [0.15, 0.2) is 63.1 Å².